The van der Waals surface area contributed by atoms with Gasteiger partial charge in [0.2, 0.25) is 0 Å². The van der Waals surface area contributed by atoms with E-state index in [0.29, 0.717) is 12.2 Å². The number of likely N-dealkylation sites (N-methyl/N-ethyl adjacent to an activating group) is 1. The third kappa shape index (κ3) is 2.44. The Morgan fingerprint density at radius 1 is 1.53 bits per heavy atom. The molecule has 0 heterocycles. The molecule has 0 atom stereocenters. The Labute approximate surface area is 88.1 Å². The molecule has 82 valence electrons. The number of hydrogen-bond acceptors (Lipinski definition) is 4. The van der Waals surface area contributed by atoms with Gasteiger partial charge in [-0.15, -0.1) is 0 Å². The highest BCUT2D eigenvalue weighted by atomic mass is 16.6. The van der Waals surface area contributed by atoms with E-state index >= 15 is 0 Å². The van der Waals surface area contributed by atoms with Crippen molar-refractivity contribution in [2.45, 2.75) is 6.92 Å². The highest BCUT2D eigenvalue weighted by Gasteiger charge is 2.18. The molecule has 0 aromatic heterocycles. The summed E-state index contributed by atoms with van der Waals surface area (Å²) in [7, 11) is 1.73. The van der Waals surface area contributed by atoms with Gasteiger partial charge in [-0.05, 0) is 12.5 Å². The summed E-state index contributed by atoms with van der Waals surface area (Å²) >= 11 is 0. The summed E-state index contributed by atoms with van der Waals surface area (Å²) in [4.78, 5) is 12.1. The molecule has 1 aromatic rings. The summed E-state index contributed by atoms with van der Waals surface area (Å²) in [5.74, 6) is 0. The van der Waals surface area contributed by atoms with Crippen molar-refractivity contribution in [3.8, 4) is 0 Å². The molecule has 0 fully saturated rings. The van der Waals surface area contributed by atoms with Crippen LogP contribution in [0.4, 0.5) is 11.4 Å². The lowest BCUT2D eigenvalue weighted by Crippen LogP contribution is -2.22. The molecule has 0 saturated carbocycles. The summed E-state index contributed by atoms with van der Waals surface area (Å²) in [6, 6.07) is 4.94. The maximum absolute atomic E-state index is 10.8. The predicted molar refractivity (Wildman–Crippen MR) is 58.2 cm³/mol. The number of anilines is 1. The van der Waals surface area contributed by atoms with Gasteiger partial charge >= 0.3 is 0 Å². The molecule has 0 aliphatic heterocycles. The third-order valence-corrected chi connectivity index (χ3v) is 2.23. The van der Waals surface area contributed by atoms with Crippen LogP contribution in [-0.4, -0.2) is 30.2 Å². The van der Waals surface area contributed by atoms with Crippen LogP contribution in [-0.2, 0) is 0 Å². The fraction of sp³-hybridized carbons (Fsp3) is 0.400. The molecular weight excluding hydrogens is 196 g/mol. The molecule has 5 nitrogen and oxygen atoms in total. The highest BCUT2D eigenvalue weighted by molar-refractivity contribution is 5.67. The molecule has 0 amide bonds. The maximum atomic E-state index is 10.8. The topological polar surface area (TPSA) is 66.6 Å². The summed E-state index contributed by atoms with van der Waals surface area (Å²) in [6.45, 7) is 2.17. The molecule has 0 unspecified atom stereocenters. The van der Waals surface area contributed by atoms with Gasteiger partial charge in [0.15, 0.2) is 0 Å². The minimum atomic E-state index is -0.407. The van der Waals surface area contributed by atoms with Crippen LogP contribution in [0.2, 0.25) is 0 Å². The first-order valence-corrected chi connectivity index (χ1v) is 4.64. The van der Waals surface area contributed by atoms with Gasteiger partial charge in [0, 0.05) is 19.7 Å². The molecule has 5 heteroatoms. The lowest BCUT2D eigenvalue weighted by molar-refractivity contribution is -0.384. The van der Waals surface area contributed by atoms with Crippen LogP contribution in [0.15, 0.2) is 18.2 Å². The van der Waals surface area contributed by atoms with Crippen molar-refractivity contribution in [1.82, 2.24) is 0 Å². The number of hydrogen-bond donors (Lipinski definition) is 1. The zero-order valence-corrected chi connectivity index (χ0v) is 8.80. The molecule has 0 bridgehead atoms. The standard InChI is InChI=1S/C10H14N2O3/c1-8-4-3-5-9(12(14)15)10(8)11(2)6-7-13/h3-5,13H,6-7H2,1-2H3. The second-order valence-electron chi connectivity index (χ2n) is 3.34. The minimum absolute atomic E-state index is 0.0258. The molecule has 0 saturated heterocycles. The van der Waals surface area contributed by atoms with Crippen molar-refractivity contribution in [3.05, 3.63) is 33.9 Å². The molecule has 1 aromatic carbocycles. The van der Waals surface area contributed by atoms with E-state index in [1.807, 2.05) is 13.0 Å². The number of aliphatic hydroxyl groups excluding tert-OH is 1. The Morgan fingerprint density at radius 2 is 2.20 bits per heavy atom. The van der Waals surface area contributed by atoms with Gasteiger partial charge < -0.3 is 10.0 Å². The highest BCUT2D eigenvalue weighted by Crippen LogP contribution is 2.30. The lowest BCUT2D eigenvalue weighted by Gasteiger charge is -2.19. The first-order valence-electron chi connectivity index (χ1n) is 4.64. The van der Waals surface area contributed by atoms with Gasteiger partial charge in [-0.3, -0.25) is 10.1 Å². The molecule has 0 aliphatic rings. The Bertz CT molecular complexity index is 366. The van der Waals surface area contributed by atoms with Crippen LogP contribution in [0, 0.1) is 17.0 Å². The van der Waals surface area contributed by atoms with Gasteiger partial charge in [0.1, 0.15) is 5.69 Å². The van der Waals surface area contributed by atoms with E-state index in [1.54, 1.807) is 18.0 Å². The first-order chi connectivity index (χ1) is 7.07. The van der Waals surface area contributed by atoms with Gasteiger partial charge in [0.25, 0.3) is 5.69 Å². The second kappa shape index (κ2) is 4.75. The summed E-state index contributed by atoms with van der Waals surface area (Å²) in [5.41, 5.74) is 1.47. The van der Waals surface area contributed by atoms with E-state index in [1.165, 1.54) is 6.07 Å². The molecular formula is C10H14N2O3. The lowest BCUT2D eigenvalue weighted by atomic mass is 10.1. The number of para-hydroxylation sites is 1. The number of aliphatic hydroxyl groups is 1. The summed E-state index contributed by atoms with van der Waals surface area (Å²) in [5, 5.41) is 19.6. The van der Waals surface area contributed by atoms with Crippen LogP contribution >= 0.6 is 0 Å². The summed E-state index contributed by atoms with van der Waals surface area (Å²) in [6.07, 6.45) is 0. The fourth-order valence-corrected chi connectivity index (χ4v) is 1.55. The zero-order valence-electron chi connectivity index (χ0n) is 8.80. The smallest absolute Gasteiger partial charge is 0.292 e. The molecule has 1 N–H and O–H groups in total. The number of rotatable bonds is 4. The van der Waals surface area contributed by atoms with Crippen molar-refractivity contribution >= 4 is 11.4 Å². The van der Waals surface area contributed by atoms with Gasteiger partial charge in [-0.25, -0.2) is 0 Å². The van der Waals surface area contributed by atoms with Crippen molar-refractivity contribution in [2.75, 3.05) is 25.1 Å². The van der Waals surface area contributed by atoms with Gasteiger partial charge in [0.05, 0.1) is 11.5 Å². The molecule has 15 heavy (non-hydrogen) atoms. The molecule has 0 radical (unpaired) electrons. The van der Waals surface area contributed by atoms with E-state index in [0.717, 1.165) is 5.56 Å². The third-order valence-electron chi connectivity index (χ3n) is 2.23. The van der Waals surface area contributed by atoms with E-state index in [4.69, 9.17) is 5.11 Å². The Morgan fingerprint density at radius 3 is 2.73 bits per heavy atom. The molecule has 1 rings (SSSR count). The van der Waals surface area contributed by atoms with Crippen molar-refractivity contribution in [1.29, 1.82) is 0 Å². The SMILES string of the molecule is Cc1cccc([N+](=O)[O-])c1N(C)CCO. The van der Waals surface area contributed by atoms with Crippen molar-refractivity contribution in [3.63, 3.8) is 0 Å². The molecule has 0 spiro atoms. The Hall–Kier alpha value is -1.62. The van der Waals surface area contributed by atoms with E-state index in [-0.39, 0.29) is 12.3 Å². The average molecular weight is 210 g/mol. The maximum Gasteiger partial charge on any atom is 0.292 e. The second-order valence-corrected chi connectivity index (χ2v) is 3.34. The predicted octanol–water partition coefficient (Wildman–Crippen LogP) is 1.33. The normalized spacial score (nSPS) is 10.1. The van der Waals surface area contributed by atoms with E-state index < -0.39 is 4.92 Å². The number of nitrogens with zero attached hydrogens (tertiary/aromatic N) is 2. The van der Waals surface area contributed by atoms with E-state index in [2.05, 4.69) is 0 Å². The zero-order chi connectivity index (χ0) is 11.4. The Kier molecular flexibility index (Phi) is 3.62. The van der Waals surface area contributed by atoms with Crippen LogP contribution in [0.1, 0.15) is 5.56 Å². The quantitative estimate of drug-likeness (QED) is 0.601. The minimum Gasteiger partial charge on any atom is -0.395 e. The van der Waals surface area contributed by atoms with Crippen LogP contribution in [0.5, 0.6) is 0 Å². The van der Waals surface area contributed by atoms with E-state index in [9.17, 15) is 10.1 Å². The van der Waals surface area contributed by atoms with Crippen LogP contribution in [0.25, 0.3) is 0 Å². The van der Waals surface area contributed by atoms with Crippen molar-refractivity contribution < 1.29 is 10.0 Å². The summed E-state index contributed by atoms with van der Waals surface area (Å²) < 4.78 is 0. The average Bonchev–Trinajstić information content (AvgIpc) is 2.17. The fourth-order valence-electron chi connectivity index (χ4n) is 1.55. The van der Waals surface area contributed by atoms with Crippen LogP contribution in [0.3, 0.4) is 0 Å². The number of aryl methyl sites for hydroxylation is 1. The van der Waals surface area contributed by atoms with Gasteiger partial charge in [-0.2, -0.15) is 0 Å². The number of nitro groups is 1. The Balaban J connectivity index is 3.18. The first kappa shape index (κ1) is 11.5. The van der Waals surface area contributed by atoms with Crippen molar-refractivity contribution in [2.24, 2.45) is 0 Å². The van der Waals surface area contributed by atoms with Gasteiger partial charge in [-0.1, -0.05) is 12.1 Å². The number of nitro benzene ring substituents is 1. The monoisotopic (exact) mass is 210 g/mol. The largest absolute Gasteiger partial charge is 0.395 e. The van der Waals surface area contributed by atoms with Crippen LogP contribution < -0.4 is 4.90 Å². The molecule has 0 aliphatic carbocycles. The number of benzene rings is 1.